The molecule has 2 aromatic rings. The Morgan fingerprint density at radius 2 is 1.92 bits per heavy atom. The zero-order valence-corrected chi connectivity index (χ0v) is 15.7. The Morgan fingerprint density at radius 3 is 2.60 bits per heavy atom. The SMILES string of the molecule is CCCOc1ccccc1C(=O)NNC(=S)NC(=O)c1ccc(Br)o1. The van der Waals surface area contributed by atoms with Gasteiger partial charge in [-0.15, -0.1) is 0 Å². The number of thiocarbonyl (C=S) groups is 1. The van der Waals surface area contributed by atoms with Crippen molar-refractivity contribution in [3.8, 4) is 5.75 Å². The number of hydrogen-bond donors (Lipinski definition) is 3. The maximum Gasteiger partial charge on any atom is 0.293 e. The van der Waals surface area contributed by atoms with E-state index in [0.29, 0.717) is 22.6 Å². The smallest absolute Gasteiger partial charge is 0.293 e. The number of carbonyl (C=O) groups excluding carboxylic acids is 2. The van der Waals surface area contributed by atoms with Gasteiger partial charge in [-0.1, -0.05) is 19.1 Å². The average molecular weight is 426 g/mol. The van der Waals surface area contributed by atoms with Crippen molar-refractivity contribution in [1.29, 1.82) is 0 Å². The maximum absolute atomic E-state index is 12.2. The molecule has 0 unspecified atom stereocenters. The number of para-hydroxylation sites is 1. The molecular weight excluding hydrogens is 410 g/mol. The van der Waals surface area contributed by atoms with Gasteiger partial charge < -0.3 is 9.15 Å². The minimum Gasteiger partial charge on any atom is -0.493 e. The second-order valence-electron chi connectivity index (χ2n) is 4.81. The number of rotatable bonds is 5. The molecule has 0 aliphatic heterocycles. The van der Waals surface area contributed by atoms with Crippen molar-refractivity contribution in [1.82, 2.24) is 16.2 Å². The minimum absolute atomic E-state index is 0.0715. The first-order valence-electron chi connectivity index (χ1n) is 7.40. The van der Waals surface area contributed by atoms with Crippen LogP contribution in [0.4, 0.5) is 0 Å². The highest BCUT2D eigenvalue weighted by Gasteiger charge is 2.14. The first kappa shape index (κ1) is 18.9. The van der Waals surface area contributed by atoms with Crippen LogP contribution in [0.3, 0.4) is 0 Å². The Labute approximate surface area is 158 Å². The van der Waals surface area contributed by atoms with E-state index in [1.165, 1.54) is 6.07 Å². The summed E-state index contributed by atoms with van der Waals surface area (Å²) in [5.74, 6) is -0.423. The summed E-state index contributed by atoms with van der Waals surface area (Å²) < 4.78 is 11.1. The molecule has 0 atom stereocenters. The summed E-state index contributed by atoms with van der Waals surface area (Å²) >= 11 is 8.07. The van der Waals surface area contributed by atoms with E-state index in [2.05, 4.69) is 32.1 Å². The summed E-state index contributed by atoms with van der Waals surface area (Å²) in [5.41, 5.74) is 5.23. The van der Waals surface area contributed by atoms with Crippen molar-refractivity contribution < 1.29 is 18.7 Å². The molecular formula is C16H16BrN3O4S. The molecule has 3 N–H and O–H groups in total. The molecule has 7 nitrogen and oxygen atoms in total. The third-order valence-electron chi connectivity index (χ3n) is 2.91. The van der Waals surface area contributed by atoms with Gasteiger partial charge in [-0.2, -0.15) is 0 Å². The Balaban J connectivity index is 1.89. The molecule has 2 rings (SSSR count). The molecule has 25 heavy (non-hydrogen) atoms. The van der Waals surface area contributed by atoms with Crippen LogP contribution in [0.1, 0.15) is 34.3 Å². The van der Waals surface area contributed by atoms with Crippen LogP contribution in [0.25, 0.3) is 0 Å². The number of ether oxygens (including phenoxy) is 1. The van der Waals surface area contributed by atoms with Gasteiger partial charge >= 0.3 is 0 Å². The van der Waals surface area contributed by atoms with Crippen LogP contribution in [-0.4, -0.2) is 23.5 Å². The number of carbonyl (C=O) groups is 2. The topological polar surface area (TPSA) is 92.6 Å². The molecule has 0 bridgehead atoms. The minimum atomic E-state index is -0.538. The number of halogens is 1. The Morgan fingerprint density at radius 1 is 1.16 bits per heavy atom. The lowest BCUT2D eigenvalue weighted by Gasteiger charge is -2.13. The normalized spacial score (nSPS) is 10.0. The fourth-order valence-electron chi connectivity index (χ4n) is 1.81. The third-order valence-corrected chi connectivity index (χ3v) is 3.54. The van der Waals surface area contributed by atoms with Crippen LogP contribution >= 0.6 is 28.1 Å². The molecule has 0 aliphatic carbocycles. The second kappa shape index (κ2) is 9.19. The highest BCUT2D eigenvalue weighted by molar-refractivity contribution is 9.10. The Kier molecular flexibility index (Phi) is 6.96. The summed E-state index contributed by atoms with van der Waals surface area (Å²) in [6.45, 7) is 2.48. The molecule has 9 heteroatoms. The monoisotopic (exact) mass is 425 g/mol. The number of benzene rings is 1. The van der Waals surface area contributed by atoms with Crippen molar-refractivity contribution in [2.24, 2.45) is 0 Å². The summed E-state index contributed by atoms with van der Waals surface area (Å²) in [4.78, 5) is 24.1. The van der Waals surface area contributed by atoms with Crippen molar-refractivity contribution in [3.05, 3.63) is 52.4 Å². The molecule has 2 amide bonds. The number of amides is 2. The lowest BCUT2D eigenvalue weighted by atomic mass is 10.2. The molecule has 0 radical (unpaired) electrons. The first-order chi connectivity index (χ1) is 12.0. The lowest BCUT2D eigenvalue weighted by Crippen LogP contribution is -2.48. The maximum atomic E-state index is 12.2. The third kappa shape index (κ3) is 5.57. The number of nitrogens with one attached hydrogen (secondary N) is 3. The zero-order valence-electron chi connectivity index (χ0n) is 13.3. The summed E-state index contributed by atoms with van der Waals surface area (Å²) in [5, 5.41) is 2.31. The number of hydrazine groups is 1. The van der Waals surface area contributed by atoms with E-state index in [1.807, 2.05) is 6.92 Å². The molecule has 1 aromatic heterocycles. The number of furan rings is 1. The van der Waals surface area contributed by atoms with Gasteiger partial charge in [0.05, 0.1) is 12.2 Å². The van der Waals surface area contributed by atoms with E-state index in [9.17, 15) is 9.59 Å². The van der Waals surface area contributed by atoms with Gasteiger partial charge in [-0.25, -0.2) is 0 Å². The van der Waals surface area contributed by atoms with Gasteiger partial charge in [0.1, 0.15) is 5.75 Å². The zero-order chi connectivity index (χ0) is 18.2. The van der Waals surface area contributed by atoms with Crippen LogP contribution < -0.4 is 20.9 Å². The molecule has 0 saturated heterocycles. The fourth-order valence-corrected chi connectivity index (χ4v) is 2.26. The molecule has 0 spiro atoms. The van der Waals surface area contributed by atoms with Crippen LogP contribution in [0.2, 0.25) is 0 Å². The van der Waals surface area contributed by atoms with Crippen molar-refractivity contribution in [2.45, 2.75) is 13.3 Å². The van der Waals surface area contributed by atoms with Crippen molar-refractivity contribution in [2.75, 3.05) is 6.61 Å². The van der Waals surface area contributed by atoms with Crippen LogP contribution in [0, 0.1) is 0 Å². The predicted molar refractivity (Wildman–Crippen MR) is 99.3 cm³/mol. The average Bonchev–Trinajstić information content (AvgIpc) is 3.04. The summed E-state index contributed by atoms with van der Waals surface area (Å²) in [7, 11) is 0. The van der Waals surface area contributed by atoms with E-state index < -0.39 is 11.8 Å². The van der Waals surface area contributed by atoms with Crippen LogP contribution in [-0.2, 0) is 0 Å². The van der Waals surface area contributed by atoms with Gasteiger partial charge in [-0.05, 0) is 58.8 Å². The Bertz CT molecular complexity index is 778. The molecule has 0 saturated carbocycles. The lowest BCUT2D eigenvalue weighted by molar-refractivity contribution is 0.0924. The molecule has 0 aliphatic rings. The largest absolute Gasteiger partial charge is 0.493 e. The molecule has 1 heterocycles. The van der Waals surface area contributed by atoms with Gasteiger partial charge in [0.2, 0.25) is 0 Å². The van der Waals surface area contributed by atoms with Gasteiger partial charge in [0.15, 0.2) is 15.5 Å². The van der Waals surface area contributed by atoms with Gasteiger partial charge in [0.25, 0.3) is 11.8 Å². The van der Waals surface area contributed by atoms with E-state index in [4.69, 9.17) is 21.4 Å². The van der Waals surface area contributed by atoms with Crippen LogP contribution in [0.5, 0.6) is 5.75 Å². The second-order valence-corrected chi connectivity index (χ2v) is 6.00. The molecule has 132 valence electrons. The highest BCUT2D eigenvalue weighted by atomic mass is 79.9. The fraction of sp³-hybridized carbons (Fsp3) is 0.188. The van der Waals surface area contributed by atoms with E-state index in [0.717, 1.165) is 6.42 Å². The predicted octanol–water partition coefficient (Wildman–Crippen LogP) is 2.78. The summed E-state index contributed by atoms with van der Waals surface area (Å²) in [6, 6.07) is 9.91. The quantitative estimate of drug-likeness (QED) is 0.503. The summed E-state index contributed by atoms with van der Waals surface area (Å²) in [6.07, 6.45) is 0.827. The van der Waals surface area contributed by atoms with Crippen molar-refractivity contribution >= 4 is 45.1 Å². The van der Waals surface area contributed by atoms with E-state index >= 15 is 0 Å². The van der Waals surface area contributed by atoms with Gasteiger partial charge in [0, 0.05) is 0 Å². The van der Waals surface area contributed by atoms with Crippen molar-refractivity contribution in [3.63, 3.8) is 0 Å². The van der Waals surface area contributed by atoms with E-state index in [1.54, 1.807) is 30.3 Å². The van der Waals surface area contributed by atoms with Crippen LogP contribution in [0.15, 0.2) is 45.5 Å². The Hall–Kier alpha value is -2.39. The standard InChI is InChI=1S/C16H16BrN3O4S/c1-2-9-23-11-6-4-3-5-10(11)14(21)19-20-16(25)18-15(22)12-7-8-13(17)24-12/h3-8H,2,9H2,1H3,(H,19,21)(H2,18,20,22,25). The molecule has 1 aromatic carbocycles. The van der Waals surface area contributed by atoms with Gasteiger partial charge in [-0.3, -0.25) is 25.8 Å². The highest BCUT2D eigenvalue weighted by Crippen LogP contribution is 2.17. The first-order valence-corrected chi connectivity index (χ1v) is 8.60. The number of hydrogen-bond acceptors (Lipinski definition) is 5. The van der Waals surface area contributed by atoms with E-state index in [-0.39, 0.29) is 10.9 Å². The molecule has 0 fully saturated rings.